The van der Waals surface area contributed by atoms with E-state index in [0.29, 0.717) is 11.5 Å². The fourth-order valence-electron chi connectivity index (χ4n) is 1.14. The summed E-state index contributed by atoms with van der Waals surface area (Å²) >= 11 is 0. The first-order valence-corrected chi connectivity index (χ1v) is 4.11. The smallest absolute Gasteiger partial charge is 0.183 e. The van der Waals surface area contributed by atoms with Gasteiger partial charge in [-0.25, -0.2) is 14.6 Å². The highest BCUT2D eigenvalue weighted by Gasteiger charge is 2.10. The molecule has 0 unspecified atom stereocenters. The van der Waals surface area contributed by atoms with E-state index >= 15 is 0 Å². The van der Waals surface area contributed by atoms with E-state index in [1.807, 2.05) is 0 Å². The van der Waals surface area contributed by atoms with E-state index in [4.69, 9.17) is 0 Å². The van der Waals surface area contributed by atoms with Gasteiger partial charge in [0.25, 0.3) is 0 Å². The number of rotatable bonds is 2. The highest BCUT2D eigenvalue weighted by molar-refractivity contribution is 5.94. The van der Waals surface area contributed by atoms with Gasteiger partial charge in [0.2, 0.25) is 0 Å². The second-order valence-electron chi connectivity index (χ2n) is 2.74. The van der Waals surface area contributed by atoms with Crippen molar-refractivity contribution in [3.05, 3.63) is 36.5 Å². The Morgan fingerprint density at radius 1 is 1.29 bits per heavy atom. The van der Waals surface area contributed by atoms with Gasteiger partial charge in [0.05, 0.1) is 0 Å². The zero-order chi connectivity index (χ0) is 9.97. The van der Waals surface area contributed by atoms with Crippen LogP contribution < -0.4 is 0 Å². The van der Waals surface area contributed by atoms with E-state index < -0.39 is 0 Å². The first-order chi connectivity index (χ1) is 6.79. The Morgan fingerprint density at radius 3 is 2.71 bits per heavy atom. The van der Waals surface area contributed by atoms with Crippen molar-refractivity contribution in [1.29, 1.82) is 0 Å². The Bertz CT molecular complexity index is 450. The van der Waals surface area contributed by atoms with Gasteiger partial charge in [0.1, 0.15) is 0 Å². The highest BCUT2D eigenvalue weighted by atomic mass is 16.1. The number of carbonyl (C=O) groups excluding carboxylic acids is 1. The predicted molar refractivity (Wildman–Crippen MR) is 49.2 cm³/mol. The van der Waals surface area contributed by atoms with Crippen molar-refractivity contribution in [2.75, 3.05) is 0 Å². The molecule has 14 heavy (non-hydrogen) atoms. The van der Waals surface area contributed by atoms with E-state index in [0.717, 1.165) is 0 Å². The van der Waals surface area contributed by atoms with Crippen molar-refractivity contribution in [3.8, 4) is 5.82 Å². The molecule has 5 nitrogen and oxygen atoms in total. The van der Waals surface area contributed by atoms with Crippen LogP contribution in [0.4, 0.5) is 0 Å². The molecule has 0 amide bonds. The molecule has 0 radical (unpaired) electrons. The van der Waals surface area contributed by atoms with E-state index in [1.54, 1.807) is 18.5 Å². The fourth-order valence-corrected chi connectivity index (χ4v) is 1.14. The van der Waals surface area contributed by atoms with Crippen LogP contribution in [0.3, 0.4) is 0 Å². The van der Waals surface area contributed by atoms with Crippen molar-refractivity contribution in [3.63, 3.8) is 0 Å². The molecule has 0 fully saturated rings. The third kappa shape index (κ3) is 1.39. The van der Waals surface area contributed by atoms with E-state index in [9.17, 15) is 4.79 Å². The van der Waals surface area contributed by atoms with Crippen molar-refractivity contribution >= 4 is 5.78 Å². The number of ketones is 1. The SMILES string of the molecule is CC(=O)c1nccnc1-n1cccn1. The lowest BCUT2D eigenvalue weighted by atomic mass is 10.3. The third-order valence-corrected chi connectivity index (χ3v) is 1.73. The minimum absolute atomic E-state index is 0.122. The monoisotopic (exact) mass is 188 g/mol. The Labute approximate surface area is 80.4 Å². The summed E-state index contributed by atoms with van der Waals surface area (Å²) in [5, 5.41) is 3.99. The average Bonchev–Trinajstić information content (AvgIpc) is 2.70. The summed E-state index contributed by atoms with van der Waals surface area (Å²) in [7, 11) is 0. The predicted octanol–water partition coefficient (Wildman–Crippen LogP) is 0.865. The Hall–Kier alpha value is -2.04. The van der Waals surface area contributed by atoms with Crippen LogP contribution in [0.1, 0.15) is 17.4 Å². The minimum Gasteiger partial charge on any atom is -0.293 e. The summed E-state index contributed by atoms with van der Waals surface area (Å²) in [5.41, 5.74) is 0.330. The summed E-state index contributed by atoms with van der Waals surface area (Å²) in [4.78, 5) is 19.2. The zero-order valence-electron chi connectivity index (χ0n) is 7.58. The van der Waals surface area contributed by atoms with Crippen LogP contribution in [0.2, 0.25) is 0 Å². The van der Waals surface area contributed by atoms with Crippen LogP contribution in [0, 0.1) is 0 Å². The third-order valence-electron chi connectivity index (χ3n) is 1.73. The molecule has 0 spiro atoms. The van der Waals surface area contributed by atoms with Crippen LogP contribution in [-0.2, 0) is 0 Å². The fraction of sp³-hybridized carbons (Fsp3) is 0.111. The number of Topliss-reactive ketones (excluding diaryl/α,β-unsaturated/α-hetero) is 1. The Balaban J connectivity index is 2.58. The van der Waals surface area contributed by atoms with E-state index in [1.165, 1.54) is 24.0 Å². The summed E-state index contributed by atoms with van der Waals surface area (Å²) in [5.74, 6) is 0.341. The molecule has 0 aliphatic heterocycles. The summed E-state index contributed by atoms with van der Waals surface area (Å²) in [6.45, 7) is 1.46. The quantitative estimate of drug-likeness (QED) is 0.656. The van der Waals surface area contributed by atoms with Crippen molar-refractivity contribution in [2.24, 2.45) is 0 Å². The largest absolute Gasteiger partial charge is 0.293 e. The normalized spacial score (nSPS) is 10.1. The van der Waals surface area contributed by atoms with Crippen molar-refractivity contribution < 1.29 is 4.79 Å². The number of hydrogen-bond acceptors (Lipinski definition) is 4. The molecule has 0 bridgehead atoms. The van der Waals surface area contributed by atoms with E-state index in [2.05, 4.69) is 15.1 Å². The van der Waals surface area contributed by atoms with E-state index in [-0.39, 0.29) is 5.78 Å². The molecule has 2 heterocycles. The zero-order valence-corrected chi connectivity index (χ0v) is 7.58. The second kappa shape index (κ2) is 3.37. The molecular formula is C9H8N4O. The molecule has 0 saturated heterocycles. The van der Waals surface area contributed by atoms with Gasteiger partial charge in [0.15, 0.2) is 17.3 Å². The van der Waals surface area contributed by atoms with Crippen LogP contribution in [0.25, 0.3) is 5.82 Å². The summed E-state index contributed by atoms with van der Waals surface area (Å²) in [6.07, 6.45) is 6.36. The topological polar surface area (TPSA) is 60.7 Å². The van der Waals surface area contributed by atoms with Crippen LogP contribution in [0.5, 0.6) is 0 Å². The van der Waals surface area contributed by atoms with Gasteiger partial charge in [-0.3, -0.25) is 4.79 Å². The molecule has 0 saturated carbocycles. The first-order valence-electron chi connectivity index (χ1n) is 4.11. The molecule has 5 heteroatoms. The Kier molecular flexibility index (Phi) is 2.06. The maximum atomic E-state index is 11.2. The molecular weight excluding hydrogens is 180 g/mol. The molecule has 2 aromatic rings. The second-order valence-corrected chi connectivity index (χ2v) is 2.74. The lowest BCUT2D eigenvalue weighted by molar-refractivity contribution is 0.101. The molecule has 70 valence electrons. The first kappa shape index (κ1) is 8.55. The Morgan fingerprint density at radius 2 is 2.07 bits per heavy atom. The number of hydrogen-bond donors (Lipinski definition) is 0. The van der Waals surface area contributed by atoms with Gasteiger partial charge in [-0.15, -0.1) is 0 Å². The van der Waals surface area contributed by atoms with Crippen LogP contribution in [-0.4, -0.2) is 25.5 Å². The summed E-state index contributed by atoms with van der Waals surface area (Å²) in [6, 6.07) is 1.76. The molecule has 0 aromatic carbocycles. The highest BCUT2D eigenvalue weighted by Crippen LogP contribution is 2.07. The summed E-state index contributed by atoms with van der Waals surface area (Å²) < 4.78 is 1.52. The lowest BCUT2D eigenvalue weighted by Crippen LogP contribution is -2.08. The van der Waals surface area contributed by atoms with Crippen molar-refractivity contribution in [1.82, 2.24) is 19.7 Å². The minimum atomic E-state index is -0.122. The number of nitrogens with zero attached hydrogens (tertiary/aromatic N) is 4. The maximum Gasteiger partial charge on any atom is 0.183 e. The molecule has 0 N–H and O–H groups in total. The van der Waals surface area contributed by atoms with Gasteiger partial charge in [-0.1, -0.05) is 0 Å². The average molecular weight is 188 g/mol. The number of carbonyl (C=O) groups is 1. The van der Waals surface area contributed by atoms with Gasteiger partial charge >= 0.3 is 0 Å². The van der Waals surface area contributed by atoms with Gasteiger partial charge < -0.3 is 0 Å². The molecule has 0 aliphatic carbocycles. The van der Waals surface area contributed by atoms with Gasteiger partial charge in [0, 0.05) is 31.7 Å². The standard InChI is InChI=1S/C9H8N4O/c1-7(14)8-9(11-5-4-10-8)13-6-2-3-12-13/h2-6H,1H3. The van der Waals surface area contributed by atoms with Gasteiger partial charge in [-0.2, -0.15) is 5.10 Å². The van der Waals surface area contributed by atoms with Crippen LogP contribution in [0.15, 0.2) is 30.9 Å². The molecule has 0 atom stereocenters. The molecule has 2 aromatic heterocycles. The number of aromatic nitrogens is 4. The van der Waals surface area contributed by atoms with Gasteiger partial charge in [-0.05, 0) is 6.07 Å². The van der Waals surface area contributed by atoms with Crippen LogP contribution >= 0.6 is 0 Å². The van der Waals surface area contributed by atoms with Crippen molar-refractivity contribution in [2.45, 2.75) is 6.92 Å². The lowest BCUT2D eigenvalue weighted by Gasteiger charge is -2.02. The molecule has 2 rings (SSSR count). The molecule has 0 aliphatic rings. The maximum absolute atomic E-state index is 11.2.